The minimum absolute atomic E-state index is 0.105. The van der Waals surface area contributed by atoms with Gasteiger partial charge in [-0.25, -0.2) is 4.79 Å². The van der Waals surface area contributed by atoms with Gasteiger partial charge in [-0.2, -0.15) is 0 Å². The summed E-state index contributed by atoms with van der Waals surface area (Å²) in [6.07, 6.45) is 1.67. The van der Waals surface area contributed by atoms with E-state index in [-0.39, 0.29) is 24.3 Å². The number of carbonyl (C=O) groups is 3. The molecule has 0 saturated carbocycles. The van der Waals surface area contributed by atoms with Crippen LogP contribution in [-0.2, 0) is 16.0 Å². The largest absolute Gasteiger partial charge is 0.464 e. The summed E-state index contributed by atoms with van der Waals surface area (Å²) in [5.41, 5.74) is 2.53. The molecule has 2 aromatic rings. The standard InChI is InChI=1S/C24H29ClN2O5/c1-5-27-16(3)21(15(2)22(27)24(30)31-4)20(28)14-26(13-19-7-6-12-32-19)23(29)17-8-10-18(25)11-9-17/h8-11,19H,5-7,12-14H2,1-4H3/t19-/m0/s1. The van der Waals surface area contributed by atoms with E-state index in [0.29, 0.717) is 52.8 Å². The summed E-state index contributed by atoms with van der Waals surface area (Å²) in [5, 5.41) is 0.533. The average molecular weight is 461 g/mol. The number of amides is 1. The van der Waals surface area contributed by atoms with Gasteiger partial charge in [-0.3, -0.25) is 9.59 Å². The highest BCUT2D eigenvalue weighted by atomic mass is 35.5. The molecule has 0 unspecified atom stereocenters. The smallest absolute Gasteiger partial charge is 0.354 e. The van der Waals surface area contributed by atoms with Crippen LogP contribution in [0.1, 0.15) is 62.2 Å². The molecular weight excluding hydrogens is 432 g/mol. The predicted molar refractivity (Wildman–Crippen MR) is 122 cm³/mol. The minimum Gasteiger partial charge on any atom is -0.464 e. The fraction of sp³-hybridized carbons (Fsp3) is 0.458. The van der Waals surface area contributed by atoms with Gasteiger partial charge in [0.05, 0.1) is 19.8 Å². The molecule has 1 aliphatic rings. The van der Waals surface area contributed by atoms with Gasteiger partial charge in [0.15, 0.2) is 5.78 Å². The summed E-state index contributed by atoms with van der Waals surface area (Å²) >= 11 is 5.96. The number of methoxy groups -OCH3 is 1. The molecule has 0 aliphatic carbocycles. The van der Waals surface area contributed by atoms with E-state index in [1.807, 2.05) is 13.8 Å². The number of Topliss-reactive ketones (excluding diaryl/α,β-unsaturated/α-hetero) is 1. The number of ketones is 1. The molecule has 0 bridgehead atoms. The van der Waals surface area contributed by atoms with Gasteiger partial charge in [-0.15, -0.1) is 0 Å². The van der Waals surface area contributed by atoms with Crippen LogP contribution in [0.5, 0.6) is 0 Å². The molecule has 172 valence electrons. The average Bonchev–Trinajstić information content (AvgIpc) is 3.37. The number of hydrogen-bond acceptors (Lipinski definition) is 5. The molecule has 1 saturated heterocycles. The zero-order valence-electron chi connectivity index (χ0n) is 18.9. The number of aromatic nitrogens is 1. The molecule has 1 aromatic carbocycles. The van der Waals surface area contributed by atoms with E-state index in [2.05, 4.69) is 0 Å². The van der Waals surface area contributed by atoms with Gasteiger partial charge in [0.25, 0.3) is 5.91 Å². The van der Waals surface area contributed by atoms with Crippen LogP contribution in [0.4, 0.5) is 0 Å². The summed E-state index contributed by atoms with van der Waals surface area (Å²) in [5.74, 6) is -0.971. The number of rotatable bonds is 8. The second-order valence-corrected chi connectivity index (χ2v) is 8.36. The predicted octanol–water partition coefficient (Wildman–Crippen LogP) is 4.07. The summed E-state index contributed by atoms with van der Waals surface area (Å²) in [6.45, 7) is 6.84. The third-order valence-corrected chi connectivity index (χ3v) is 6.15. The molecule has 1 aromatic heterocycles. The monoisotopic (exact) mass is 460 g/mol. The summed E-state index contributed by atoms with van der Waals surface area (Å²) < 4.78 is 12.4. The van der Waals surface area contributed by atoms with E-state index in [9.17, 15) is 14.4 Å². The first-order chi connectivity index (χ1) is 15.3. The number of ether oxygens (including phenoxy) is 2. The van der Waals surface area contributed by atoms with Crippen LogP contribution in [-0.4, -0.2) is 60.0 Å². The quantitative estimate of drug-likeness (QED) is 0.438. The minimum atomic E-state index is -0.486. The van der Waals surface area contributed by atoms with Crippen LogP contribution < -0.4 is 0 Å². The maximum Gasteiger partial charge on any atom is 0.354 e. The van der Waals surface area contributed by atoms with E-state index in [4.69, 9.17) is 21.1 Å². The van der Waals surface area contributed by atoms with Crippen LogP contribution in [0.3, 0.4) is 0 Å². The molecule has 1 fully saturated rings. The van der Waals surface area contributed by atoms with Crippen molar-refractivity contribution in [1.82, 2.24) is 9.47 Å². The molecule has 0 radical (unpaired) electrons. The van der Waals surface area contributed by atoms with Crippen LogP contribution >= 0.6 is 11.6 Å². The van der Waals surface area contributed by atoms with Crippen molar-refractivity contribution in [2.45, 2.75) is 46.3 Å². The lowest BCUT2D eigenvalue weighted by atomic mass is 10.0. The van der Waals surface area contributed by atoms with Crippen molar-refractivity contribution in [3.63, 3.8) is 0 Å². The Morgan fingerprint density at radius 3 is 2.47 bits per heavy atom. The molecule has 0 spiro atoms. The number of esters is 1. The second-order valence-electron chi connectivity index (χ2n) is 7.92. The molecule has 0 N–H and O–H groups in total. The molecule has 1 atom stereocenters. The molecule has 7 nitrogen and oxygen atoms in total. The maximum absolute atomic E-state index is 13.4. The summed E-state index contributed by atoms with van der Waals surface area (Å²) in [7, 11) is 1.32. The molecule has 2 heterocycles. The molecule has 8 heteroatoms. The van der Waals surface area contributed by atoms with E-state index in [1.54, 1.807) is 35.8 Å². The second kappa shape index (κ2) is 10.3. The van der Waals surface area contributed by atoms with Gasteiger partial charge < -0.3 is 18.9 Å². The number of carbonyl (C=O) groups excluding carboxylic acids is 3. The van der Waals surface area contributed by atoms with Gasteiger partial charge in [-0.05, 0) is 63.4 Å². The molecular formula is C24H29ClN2O5. The highest BCUT2D eigenvalue weighted by molar-refractivity contribution is 6.30. The molecule has 1 aliphatic heterocycles. The van der Waals surface area contributed by atoms with Crippen molar-refractivity contribution in [2.75, 3.05) is 26.8 Å². The van der Waals surface area contributed by atoms with Gasteiger partial charge in [0.1, 0.15) is 5.69 Å². The van der Waals surface area contributed by atoms with Crippen molar-refractivity contribution in [3.8, 4) is 0 Å². The zero-order chi connectivity index (χ0) is 23.4. The lowest BCUT2D eigenvalue weighted by Gasteiger charge is -2.25. The van der Waals surface area contributed by atoms with Gasteiger partial charge in [-0.1, -0.05) is 11.6 Å². The molecule has 1 amide bonds. The van der Waals surface area contributed by atoms with E-state index in [0.717, 1.165) is 12.8 Å². The SMILES string of the molecule is CCn1c(C)c(C(=O)CN(C[C@@H]2CCCO2)C(=O)c2ccc(Cl)cc2)c(C)c1C(=O)OC. The summed E-state index contributed by atoms with van der Waals surface area (Å²) in [6, 6.07) is 6.60. The fourth-order valence-electron chi connectivity index (χ4n) is 4.34. The maximum atomic E-state index is 13.4. The lowest BCUT2D eigenvalue weighted by Crippen LogP contribution is -2.41. The Hall–Kier alpha value is -2.64. The van der Waals surface area contributed by atoms with Crippen molar-refractivity contribution in [1.29, 1.82) is 0 Å². The van der Waals surface area contributed by atoms with E-state index in [1.165, 1.54) is 12.0 Å². The fourth-order valence-corrected chi connectivity index (χ4v) is 4.47. The number of nitrogens with zero attached hydrogens (tertiary/aromatic N) is 2. The first-order valence-electron chi connectivity index (χ1n) is 10.8. The van der Waals surface area contributed by atoms with E-state index >= 15 is 0 Å². The summed E-state index contributed by atoms with van der Waals surface area (Å²) in [4.78, 5) is 40.5. The van der Waals surface area contributed by atoms with Crippen LogP contribution in [0, 0.1) is 13.8 Å². The molecule has 3 rings (SSSR count). The first kappa shape index (κ1) is 24.0. The first-order valence-corrected chi connectivity index (χ1v) is 11.1. The van der Waals surface area contributed by atoms with Gasteiger partial charge in [0, 0.05) is 41.5 Å². The van der Waals surface area contributed by atoms with Gasteiger partial charge >= 0.3 is 5.97 Å². The molecule has 32 heavy (non-hydrogen) atoms. The Bertz CT molecular complexity index is 1010. The third-order valence-electron chi connectivity index (χ3n) is 5.90. The Kier molecular flexibility index (Phi) is 7.74. The lowest BCUT2D eigenvalue weighted by molar-refractivity contribution is 0.0506. The topological polar surface area (TPSA) is 77.8 Å². The van der Waals surface area contributed by atoms with Crippen molar-refractivity contribution >= 4 is 29.3 Å². The number of halogens is 1. The Morgan fingerprint density at radius 2 is 1.91 bits per heavy atom. The van der Waals surface area contributed by atoms with Crippen LogP contribution in [0.25, 0.3) is 0 Å². The van der Waals surface area contributed by atoms with Crippen LogP contribution in [0.2, 0.25) is 5.02 Å². The number of benzene rings is 1. The highest BCUT2D eigenvalue weighted by Gasteiger charge is 2.30. The Morgan fingerprint density at radius 1 is 1.22 bits per heavy atom. The third kappa shape index (κ3) is 4.89. The normalized spacial score (nSPS) is 15.6. The zero-order valence-corrected chi connectivity index (χ0v) is 19.7. The Labute approximate surface area is 193 Å². The van der Waals surface area contributed by atoms with Crippen molar-refractivity contribution in [2.24, 2.45) is 0 Å². The van der Waals surface area contributed by atoms with Crippen LogP contribution in [0.15, 0.2) is 24.3 Å². The Balaban J connectivity index is 1.92. The number of hydrogen-bond donors (Lipinski definition) is 0. The van der Waals surface area contributed by atoms with Crippen molar-refractivity contribution < 1.29 is 23.9 Å². The van der Waals surface area contributed by atoms with Gasteiger partial charge in [0.2, 0.25) is 0 Å². The van der Waals surface area contributed by atoms with Crippen molar-refractivity contribution in [3.05, 3.63) is 57.4 Å². The highest BCUT2D eigenvalue weighted by Crippen LogP contribution is 2.25. The van der Waals surface area contributed by atoms with E-state index < -0.39 is 5.97 Å².